The van der Waals surface area contributed by atoms with E-state index in [0.717, 1.165) is 11.1 Å². The lowest BCUT2D eigenvalue weighted by atomic mass is 10.2. The van der Waals surface area contributed by atoms with Crippen molar-refractivity contribution in [2.24, 2.45) is 0 Å². The molecule has 0 aliphatic rings. The molecule has 0 fully saturated rings. The van der Waals surface area contributed by atoms with Crippen molar-refractivity contribution in [1.29, 1.82) is 0 Å². The molecule has 19 heavy (non-hydrogen) atoms. The highest BCUT2D eigenvalue weighted by Gasteiger charge is 2.06. The van der Waals surface area contributed by atoms with Gasteiger partial charge in [0.25, 0.3) is 10.1 Å². The summed E-state index contributed by atoms with van der Waals surface area (Å²) in [7, 11) is -3.97. The highest BCUT2D eigenvalue weighted by atomic mass is 32.2. The van der Waals surface area contributed by atoms with Crippen molar-refractivity contribution in [2.75, 3.05) is 12.3 Å². The van der Waals surface area contributed by atoms with Gasteiger partial charge in [0, 0.05) is 6.54 Å². The van der Waals surface area contributed by atoms with E-state index in [1.165, 1.54) is 0 Å². The predicted octanol–water partition coefficient (Wildman–Crippen LogP) is 1.50. The van der Waals surface area contributed by atoms with E-state index in [2.05, 4.69) is 5.32 Å². The van der Waals surface area contributed by atoms with Gasteiger partial charge in [0.05, 0.1) is 5.75 Å². The Kier molecular flexibility index (Phi) is 5.78. The van der Waals surface area contributed by atoms with Gasteiger partial charge in [-0.15, -0.1) is 0 Å². The fourth-order valence-electron chi connectivity index (χ4n) is 1.33. The summed E-state index contributed by atoms with van der Waals surface area (Å²) in [6, 6.07) is 7.56. The molecule has 0 saturated heterocycles. The minimum atomic E-state index is -3.97. The summed E-state index contributed by atoms with van der Waals surface area (Å²) < 4.78 is 34.3. The first-order valence-electron chi connectivity index (χ1n) is 5.78. The van der Waals surface area contributed by atoms with Crippen molar-refractivity contribution in [3.05, 3.63) is 35.4 Å². The predicted molar refractivity (Wildman–Crippen MR) is 70.4 cm³/mol. The van der Waals surface area contributed by atoms with E-state index in [4.69, 9.17) is 9.29 Å². The summed E-state index contributed by atoms with van der Waals surface area (Å²) in [5.74, 6) is -0.384. The van der Waals surface area contributed by atoms with E-state index >= 15 is 0 Å². The summed E-state index contributed by atoms with van der Waals surface area (Å²) in [6.07, 6.45) is -0.478. The molecule has 0 bridgehead atoms. The molecule has 0 saturated carbocycles. The summed E-state index contributed by atoms with van der Waals surface area (Å²) in [6.45, 7) is 2.25. The third-order valence-corrected chi connectivity index (χ3v) is 3.14. The molecule has 2 N–H and O–H groups in total. The highest BCUT2D eigenvalue weighted by molar-refractivity contribution is 7.85. The van der Waals surface area contributed by atoms with Crippen molar-refractivity contribution in [2.45, 2.75) is 20.0 Å². The van der Waals surface area contributed by atoms with Crippen LogP contribution in [0.1, 0.15) is 17.5 Å². The maximum atomic E-state index is 11.3. The number of benzene rings is 1. The second-order valence-corrected chi connectivity index (χ2v) is 5.70. The number of aryl methyl sites for hydroxylation is 1. The van der Waals surface area contributed by atoms with Crippen LogP contribution in [0.4, 0.5) is 4.79 Å². The van der Waals surface area contributed by atoms with Gasteiger partial charge in [-0.25, -0.2) is 4.79 Å². The number of hydrogen-bond donors (Lipinski definition) is 2. The van der Waals surface area contributed by atoms with Crippen LogP contribution < -0.4 is 5.32 Å². The number of nitrogens with one attached hydrogen (secondary N) is 1. The number of carbonyl (C=O) groups excluding carboxylic acids is 1. The summed E-state index contributed by atoms with van der Waals surface area (Å²) >= 11 is 0. The minimum Gasteiger partial charge on any atom is -0.445 e. The van der Waals surface area contributed by atoms with Gasteiger partial charge in [0.1, 0.15) is 6.61 Å². The molecule has 0 unspecified atom stereocenters. The van der Waals surface area contributed by atoms with Crippen LogP contribution in [0, 0.1) is 6.92 Å². The molecule has 6 nitrogen and oxygen atoms in total. The lowest BCUT2D eigenvalue weighted by molar-refractivity contribution is 0.139. The maximum absolute atomic E-state index is 11.3. The molecule has 1 aromatic carbocycles. The molecule has 1 rings (SSSR count). The van der Waals surface area contributed by atoms with Crippen molar-refractivity contribution in [1.82, 2.24) is 5.32 Å². The number of carbonyl (C=O) groups is 1. The van der Waals surface area contributed by atoms with Gasteiger partial charge in [-0.3, -0.25) is 4.55 Å². The van der Waals surface area contributed by atoms with Crippen LogP contribution in [-0.4, -0.2) is 31.4 Å². The van der Waals surface area contributed by atoms with Gasteiger partial charge in [0.2, 0.25) is 0 Å². The van der Waals surface area contributed by atoms with Crippen LogP contribution in [0.15, 0.2) is 24.3 Å². The molecule has 0 heterocycles. The maximum Gasteiger partial charge on any atom is 0.407 e. The first-order valence-corrected chi connectivity index (χ1v) is 7.39. The molecule has 0 radical (unpaired) electrons. The molecule has 7 heteroatoms. The molecular weight excluding hydrogens is 270 g/mol. The third kappa shape index (κ3) is 7.43. The largest absolute Gasteiger partial charge is 0.445 e. The number of ether oxygens (including phenoxy) is 1. The molecule has 0 atom stereocenters. The fourth-order valence-corrected chi connectivity index (χ4v) is 1.84. The van der Waals surface area contributed by atoms with Crippen LogP contribution in [-0.2, 0) is 21.5 Å². The van der Waals surface area contributed by atoms with Gasteiger partial charge < -0.3 is 10.1 Å². The van der Waals surface area contributed by atoms with Crippen LogP contribution in [0.2, 0.25) is 0 Å². The zero-order chi connectivity index (χ0) is 14.3. The standard InChI is InChI=1S/C12H17NO5S/c1-10-3-5-11(6-4-10)9-18-12(14)13-7-2-8-19(15,16)17/h3-6H,2,7-9H2,1H3,(H,13,14)(H,15,16,17). The summed E-state index contributed by atoms with van der Waals surface area (Å²) in [4.78, 5) is 11.3. The summed E-state index contributed by atoms with van der Waals surface area (Å²) in [5, 5.41) is 2.40. The molecule has 0 aliphatic heterocycles. The Labute approximate surface area is 112 Å². The minimum absolute atomic E-state index is 0.131. The number of amides is 1. The molecule has 0 aliphatic carbocycles. The lowest BCUT2D eigenvalue weighted by Gasteiger charge is -2.06. The first kappa shape index (κ1) is 15.5. The van der Waals surface area contributed by atoms with E-state index in [0.29, 0.717) is 0 Å². The van der Waals surface area contributed by atoms with Gasteiger partial charge in [0.15, 0.2) is 0 Å². The Hall–Kier alpha value is -1.60. The normalized spacial score (nSPS) is 11.1. The third-order valence-electron chi connectivity index (χ3n) is 2.34. The molecule has 1 aromatic rings. The van der Waals surface area contributed by atoms with Crippen LogP contribution in [0.5, 0.6) is 0 Å². The number of alkyl carbamates (subject to hydrolysis) is 1. The SMILES string of the molecule is Cc1ccc(COC(=O)NCCCS(=O)(=O)O)cc1. The van der Waals surface area contributed by atoms with Gasteiger partial charge in [-0.1, -0.05) is 29.8 Å². The van der Waals surface area contributed by atoms with E-state index in [9.17, 15) is 13.2 Å². The van der Waals surface area contributed by atoms with Crippen LogP contribution >= 0.6 is 0 Å². The Morgan fingerprint density at radius 3 is 2.53 bits per heavy atom. The molecular formula is C12H17NO5S. The average Bonchev–Trinajstić information content (AvgIpc) is 2.33. The smallest absolute Gasteiger partial charge is 0.407 e. The Morgan fingerprint density at radius 1 is 1.32 bits per heavy atom. The Balaban J connectivity index is 2.19. The lowest BCUT2D eigenvalue weighted by Crippen LogP contribution is -2.26. The molecule has 0 spiro atoms. The quantitative estimate of drug-likeness (QED) is 0.611. The molecule has 0 aromatic heterocycles. The van der Waals surface area contributed by atoms with Crippen molar-refractivity contribution in [3.8, 4) is 0 Å². The van der Waals surface area contributed by atoms with Gasteiger partial charge >= 0.3 is 6.09 Å². The van der Waals surface area contributed by atoms with Gasteiger partial charge in [-0.05, 0) is 18.9 Å². The number of hydrogen-bond acceptors (Lipinski definition) is 4. The van der Waals surface area contributed by atoms with Gasteiger partial charge in [-0.2, -0.15) is 8.42 Å². The Bertz CT molecular complexity index is 509. The first-order chi connectivity index (χ1) is 8.87. The van der Waals surface area contributed by atoms with E-state index in [-0.39, 0.29) is 25.3 Å². The number of rotatable bonds is 6. The van der Waals surface area contributed by atoms with E-state index < -0.39 is 16.2 Å². The van der Waals surface area contributed by atoms with Crippen LogP contribution in [0.25, 0.3) is 0 Å². The molecule has 106 valence electrons. The van der Waals surface area contributed by atoms with Crippen LogP contribution in [0.3, 0.4) is 0 Å². The summed E-state index contributed by atoms with van der Waals surface area (Å²) in [5.41, 5.74) is 2.00. The second kappa shape index (κ2) is 7.10. The van der Waals surface area contributed by atoms with Crippen molar-refractivity contribution < 1.29 is 22.5 Å². The topological polar surface area (TPSA) is 92.7 Å². The van der Waals surface area contributed by atoms with Crippen molar-refractivity contribution >= 4 is 16.2 Å². The zero-order valence-electron chi connectivity index (χ0n) is 10.6. The van der Waals surface area contributed by atoms with Crippen molar-refractivity contribution in [3.63, 3.8) is 0 Å². The average molecular weight is 287 g/mol. The zero-order valence-corrected chi connectivity index (χ0v) is 11.4. The monoisotopic (exact) mass is 287 g/mol. The second-order valence-electron chi connectivity index (χ2n) is 4.13. The van der Waals surface area contributed by atoms with E-state index in [1.807, 2.05) is 31.2 Å². The highest BCUT2D eigenvalue weighted by Crippen LogP contribution is 2.04. The molecule has 1 amide bonds. The van der Waals surface area contributed by atoms with E-state index in [1.54, 1.807) is 0 Å². The Morgan fingerprint density at radius 2 is 1.95 bits per heavy atom. The fraction of sp³-hybridized carbons (Fsp3) is 0.417.